The number of nitrogens with zero attached hydrogens (tertiary/aromatic N) is 1. The lowest BCUT2D eigenvalue weighted by Gasteiger charge is -2.25. The Bertz CT molecular complexity index is 1510. The number of anilines is 2. The molecule has 0 fully saturated rings. The number of thiazole rings is 1. The molecule has 2 unspecified atom stereocenters. The summed E-state index contributed by atoms with van der Waals surface area (Å²) < 4.78 is 0. The van der Waals surface area contributed by atoms with E-state index in [0.29, 0.717) is 31.1 Å². The quantitative estimate of drug-likeness (QED) is 0.142. The van der Waals surface area contributed by atoms with Crippen molar-refractivity contribution in [2.75, 3.05) is 23.7 Å². The topological polar surface area (TPSA) is 124 Å². The van der Waals surface area contributed by atoms with Gasteiger partial charge in [-0.05, 0) is 41.3 Å². The van der Waals surface area contributed by atoms with Crippen molar-refractivity contribution in [3.05, 3.63) is 99.4 Å². The third-order valence-electron chi connectivity index (χ3n) is 7.32. The molecule has 0 saturated heterocycles. The molecular weight excluding hydrogens is 560 g/mol. The highest BCUT2D eigenvalue weighted by Crippen LogP contribution is 2.38. The summed E-state index contributed by atoms with van der Waals surface area (Å²) in [5, 5.41) is 32.7. The molecular formula is C31H31ClN4O4S. The zero-order valence-corrected chi connectivity index (χ0v) is 23.8. The van der Waals surface area contributed by atoms with Crippen LogP contribution in [-0.4, -0.2) is 40.2 Å². The molecule has 0 bridgehead atoms. The van der Waals surface area contributed by atoms with Crippen LogP contribution in [0.2, 0.25) is 5.02 Å². The lowest BCUT2D eigenvalue weighted by Crippen LogP contribution is -2.31. The van der Waals surface area contributed by atoms with Crippen molar-refractivity contribution in [2.24, 2.45) is 5.92 Å². The maximum atomic E-state index is 12.0. The van der Waals surface area contributed by atoms with Crippen LogP contribution < -0.4 is 16.0 Å². The van der Waals surface area contributed by atoms with Gasteiger partial charge in [-0.2, -0.15) is 0 Å². The Kier molecular flexibility index (Phi) is 9.18. The van der Waals surface area contributed by atoms with Crippen molar-refractivity contribution in [2.45, 2.75) is 31.8 Å². The van der Waals surface area contributed by atoms with Crippen LogP contribution in [0.5, 0.6) is 0 Å². The van der Waals surface area contributed by atoms with Gasteiger partial charge in [0.05, 0.1) is 28.7 Å². The van der Waals surface area contributed by atoms with E-state index >= 15 is 0 Å². The van der Waals surface area contributed by atoms with Crippen LogP contribution in [0.3, 0.4) is 0 Å². The van der Waals surface area contributed by atoms with Crippen molar-refractivity contribution in [1.29, 1.82) is 0 Å². The first-order valence-corrected chi connectivity index (χ1v) is 14.7. The number of aromatic nitrogens is 1. The van der Waals surface area contributed by atoms with E-state index in [1.54, 1.807) is 17.4 Å². The molecule has 8 nitrogen and oxygen atoms in total. The first-order chi connectivity index (χ1) is 19.9. The van der Waals surface area contributed by atoms with Gasteiger partial charge in [-0.25, -0.2) is 4.98 Å². The third kappa shape index (κ3) is 7.05. The second-order valence-electron chi connectivity index (χ2n) is 10.0. The Morgan fingerprint density at radius 2 is 1.73 bits per heavy atom. The summed E-state index contributed by atoms with van der Waals surface area (Å²) in [5.74, 6) is -3.77. The van der Waals surface area contributed by atoms with Gasteiger partial charge in [-0.15, -0.1) is 11.3 Å². The zero-order valence-electron chi connectivity index (χ0n) is 22.3. The summed E-state index contributed by atoms with van der Waals surface area (Å²) in [6, 6.07) is 22.0. The molecule has 0 radical (unpaired) electrons. The van der Waals surface area contributed by atoms with E-state index in [-0.39, 0.29) is 0 Å². The zero-order chi connectivity index (χ0) is 28.8. The van der Waals surface area contributed by atoms with E-state index in [1.165, 1.54) is 5.56 Å². The Balaban J connectivity index is 1.28. The normalized spacial score (nSPS) is 15.4. The van der Waals surface area contributed by atoms with Gasteiger partial charge in [0.2, 0.25) is 0 Å². The number of rotatable bonds is 11. The van der Waals surface area contributed by atoms with Gasteiger partial charge in [0.25, 0.3) is 0 Å². The summed E-state index contributed by atoms with van der Waals surface area (Å²) in [6.45, 7) is 2.27. The molecule has 4 aromatic rings. The Labute approximate surface area is 247 Å². The molecule has 0 amide bonds. The van der Waals surface area contributed by atoms with Crippen LogP contribution in [0.4, 0.5) is 10.8 Å². The molecule has 1 aliphatic heterocycles. The summed E-state index contributed by atoms with van der Waals surface area (Å²) in [5.41, 5.74) is 6.70. The molecule has 5 rings (SSSR count). The van der Waals surface area contributed by atoms with Crippen molar-refractivity contribution in [3.63, 3.8) is 0 Å². The molecule has 0 saturated carbocycles. The number of carboxylic acids is 2. The fraction of sp³-hybridized carbons (Fsp3) is 0.258. The van der Waals surface area contributed by atoms with E-state index in [0.717, 1.165) is 45.3 Å². The molecule has 5 N–H and O–H groups in total. The van der Waals surface area contributed by atoms with Crippen LogP contribution in [0.1, 0.15) is 34.6 Å². The summed E-state index contributed by atoms with van der Waals surface area (Å²) in [4.78, 5) is 28.1. The molecule has 2 heterocycles. The fourth-order valence-electron chi connectivity index (χ4n) is 5.22. The molecule has 2 atom stereocenters. The molecule has 1 aliphatic rings. The summed E-state index contributed by atoms with van der Waals surface area (Å²) in [6.07, 6.45) is 0.208. The predicted molar refractivity (Wildman–Crippen MR) is 163 cm³/mol. The monoisotopic (exact) mass is 590 g/mol. The van der Waals surface area contributed by atoms with Crippen molar-refractivity contribution in [1.82, 2.24) is 10.3 Å². The van der Waals surface area contributed by atoms with Gasteiger partial charge in [0.1, 0.15) is 0 Å². The lowest BCUT2D eigenvalue weighted by atomic mass is 9.81. The molecule has 0 spiro atoms. The number of carboxylic acid groups (broad SMARTS) is 2. The Hall–Kier alpha value is -3.92. The molecule has 3 aromatic carbocycles. The van der Waals surface area contributed by atoms with Crippen molar-refractivity contribution < 1.29 is 19.8 Å². The van der Waals surface area contributed by atoms with Crippen LogP contribution in [0.25, 0.3) is 11.3 Å². The SMILES string of the molecule is O=C(O)CC(C(=O)O)C1CNCCc2c1ccc(Cl)c2NCc1ccc(-c2csc(NCc3ccccc3)n2)cc1. The highest BCUT2D eigenvalue weighted by atomic mass is 35.5. The number of carbonyl (C=O) groups is 2. The van der Waals surface area contributed by atoms with Gasteiger partial charge in [0, 0.05) is 36.5 Å². The van der Waals surface area contributed by atoms with Crippen LogP contribution in [0, 0.1) is 5.92 Å². The van der Waals surface area contributed by atoms with Gasteiger partial charge >= 0.3 is 11.9 Å². The van der Waals surface area contributed by atoms with Crippen molar-refractivity contribution in [3.8, 4) is 11.3 Å². The molecule has 1 aromatic heterocycles. The Morgan fingerprint density at radius 1 is 1.00 bits per heavy atom. The maximum Gasteiger partial charge on any atom is 0.307 e. The van der Waals surface area contributed by atoms with Gasteiger partial charge < -0.3 is 26.2 Å². The van der Waals surface area contributed by atoms with E-state index < -0.39 is 30.2 Å². The summed E-state index contributed by atoms with van der Waals surface area (Å²) >= 11 is 8.20. The van der Waals surface area contributed by atoms with E-state index in [4.69, 9.17) is 16.6 Å². The average Bonchev–Trinajstić information content (AvgIpc) is 3.35. The predicted octanol–water partition coefficient (Wildman–Crippen LogP) is 6.09. The molecule has 212 valence electrons. The second kappa shape index (κ2) is 13.2. The van der Waals surface area contributed by atoms with E-state index in [2.05, 4.69) is 28.1 Å². The number of hydrogen-bond donors (Lipinski definition) is 5. The second-order valence-corrected chi connectivity index (χ2v) is 11.3. The molecule has 41 heavy (non-hydrogen) atoms. The first kappa shape index (κ1) is 28.6. The number of aliphatic carboxylic acids is 2. The minimum atomic E-state index is -1.13. The number of nitrogens with one attached hydrogen (secondary N) is 3. The van der Waals surface area contributed by atoms with Gasteiger partial charge in [0.15, 0.2) is 5.13 Å². The highest BCUT2D eigenvalue weighted by molar-refractivity contribution is 7.14. The van der Waals surface area contributed by atoms with Crippen LogP contribution in [-0.2, 0) is 29.1 Å². The smallest absolute Gasteiger partial charge is 0.307 e. The maximum absolute atomic E-state index is 12.0. The highest BCUT2D eigenvalue weighted by Gasteiger charge is 2.34. The average molecular weight is 591 g/mol. The largest absolute Gasteiger partial charge is 0.481 e. The molecule has 0 aliphatic carbocycles. The third-order valence-corrected chi connectivity index (χ3v) is 8.44. The Morgan fingerprint density at radius 3 is 2.46 bits per heavy atom. The minimum Gasteiger partial charge on any atom is -0.481 e. The van der Waals surface area contributed by atoms with Crippen LogP contribution >= 0.6 is 22.9 Å². The number of benzene rings is 3. The van der Waals surface area contributed by atoms with Gasteiger partial charge in [-0.3, -0.25) is 9.59 Å². The van der Waals surface area contributed by atoms with Gasteiger partial charge in [-0.1, -0.05) is 72.3 Å². The number of hydrogen-bond acceptors (Lipinski definition) is 7. The number of halogens is 1. The van der Waals surface area contributed by atoms with Crippen molar-refractivity contribution >= 4 is 45.7 Å². The first-order valence-electron chi connectivity index (χ1n) is 13.4. The summed E-state index contributed by atoms with van der Waals surface area (Å²) in [7, 11) is 0. The molecule has 10 heteroatoms. The fourth-order valence-corrected chi connectivity index (χ4v) is 6.18. The van der Waals surface area contributed by atoms with Crippen LogP contribution in [0.15, 0.2) is 72.1 Å². The van der Waals surface area contributed by atoms with E-state index in [9.17, 15) is 19.8 Å². The van der Waals surface area contributed by atoms with E-state index in [1.807, 2.05) is 53.9 Å². The lowest BCUT2D eigenvalue weighted by molar-refractivity contribution is -0.149. The number of fused-ring (bicyclic) bond motifs is 1. The standard InChI is InChI=1S/C31H31ClN4O4S/c32-26-11-10-22-23(12-13-33-17-25(22)24(30(39)40)14-28(37)38)29(26)34-15-20-6-8-21(9-7-20)27-18-41-31(36-27)35-16-19-4-2-1-3-5-19/h1-11,18,24-25,33-34H,12-17H2,(H,35,36)(H,37,38)(H,39,40). The minimum absolute atomic E-state index is 0.389.